The van der Waals surface area contributed by atoms with Gasteiger partial charge in [-0.3, -0.25) is 4.79 Å². The summed E-state index contributed by atoms with van der Waals surface area (Å²) in [6, 6.07) is -0.796. The van der Waals surface area contributed by atoms with Crippen molar-refractivity contribution in [3.63, 3.8) is 0 Å². The Morgan fingerprint density at radius 1 is 1.28 bits per heavy atom. The van der Waals surface area contributed by atoms with E-state index in [0.29, 0.717) is 6.42 Å². The number of hydrogen-bond acceptors (Lipinski definition) is 3. The minimum atomic E-state index is -2.10. The Morgan fingerprint density at radius 2 is 1.78 bits per heavy atom. The third-order valence-electron chi connectivity index (χ3n) is 2.48. The maximum atomic E-state index is 12.0. The minimum Gasteiger partial charge on any atom is -0.480 e. The van der Waals surface area contributed by atoms with Gasteiger partial charge in [0.05, 0.1) is 6.61 Å². The Balaban J connectivity index is 5.24. The van der Waals surface area contributed by atoms with E-state index in [4.69, 9.17) is 4.74 Å². The zero-order valence-electron chi connectivity index (χ0n) is 12.2. The van der Waals surface area contributed by atoms with E-state index in [2.05, 4.69) is 0 Å². The number of rotatable bonds is 6. The van der Waals surface area contributed by atoms with Crippen molar-refractivity contribution in [3.8, 4) is 0 Å². The summed E-state index contributed by atoms with van der Waals surface area (Å²) in [6.45, 7) is 11.7. The van der Waals surface area contributed by atoms with E-state index in [1.54, 1.807) is 6.92 Å². The van der Waals surface area contributed by atoms with Crippen LogP contribution in [0, 0.1) is 5.92 Å². The van der Waals surface area contributed by atoms with Gasteiger partial charge in [-0.25, -0.2) is 4.79 Å². The van der Waals surface area contributed by atoms with Crippen LogP contribution in [0.3, 0.4) is 0 Å². The average Bonchev–Trinajstić information content (AvgIpc) is 2.13. The summed E-state index contributed by atoms with van der Waals surface area (Å²) in [4.78, 5) is 23.4. The fourth-order valence-electron chi connectivity index (χ4n) is 1.82. The zero-order chi connectivity index (χ0) is 14.5. The van der Waals surface area contributed by atoms with Gasteiger partial charge in [0.15, 0.2) is 8.24 Å². The highest BCUT2D eigenvalue weighted by Gasteiger charge is 2.39. The van der Waals surface area contributed by atoms with Crippen molar-refractivity contribution in [2.45, 2.75) is 52.9 Å². The summed E-state index contributed by atoms with van der Waals surface area (Å²) >= 11 is 0. The van der Waals surface area contributed by atoms with Crippen molar-refractivity contribution in [1.29, 1.82) is 0 Å². The van der Waals surface area contributed by atoms with Gasteiger partial charge in [0, 0.05) is 0 Å². The van der Waals surface area contributed by atoms with Crippen LogP contribution in [0.1, 0.15) is 27.2 Å². The van der Waals surface area contributed by atoms with E-state index >= 15 is 0 Å². The smallest absolute Gasteiger partial charge is 0.402 e. The number of hydrogen-bond donors (Lipinski definition) is 1. The molecule has 0 aromatic rings. The predicted molar refractivity (Wildman–Crippen MR) is 73.1 cm³/mol. The molecule has 0 aromatic heterocycles. The summed E-state index contributed by atoms with van der Waals surface area (Å²) in [5, 5.41) is 9.35. The Labute approximate surface area is 110 Å². The molecule has 0 saturated carbocycles. The van der Waals surface area contributed by atoms with Crippen molar-refractivity contribution in [3.05, 3.63) is 0 Å². The summed E-state index contributed by atoms with van der Waals surface area (Å²) in [5.41, 5.74) is 0. The van der Waals surface area contributed by atoms with Crippen molar-refractivity contribution in [2.24, 2.45) is 5.92 Å². The standard InChI is InChI=1S/C12H25NO4Si/c1-7-17-12(16)13(18(4,5)6)10(11(14)15)8-9(2)3/h9-10H,7-8H2,1-6H3,(H,14,15)/t10-/m0/s1. The fourth-order valence-corrected chi connectivity index (χ4v) is 3.59. The molecule has 106 valence electrons. The van der Waals surface area contributed by atoms with E-state index in [9.17, 15) is 14.7 Å². The Bertz CT molecular complexity index is 299. The highest BCUT2D eigenvalue weighted by molar-refractivity contribution is 6.75. The molecule has 0 unspecified atom stereocenters. The maximum Gasteiger partial charge on any atom is 0.402 e. The summed E-state index contributed by atoms with van der Waals surface area (Å²) < 4.78 is 6.46. The van der Waals surface area contributed by atoms with E-state index in [1.807, 2.05) is 33.5 Å². The summed E-state index contributed by atoms with van der Waals surface area (Å²) in [6.07, 6.45) is -0.0666. The molecule has 0 rings (SSSR count). The quantitative estimate of drug-likeness (QED) is 0.757. The Kier molecular flexibility index (Phi) is 6.38. The molecule has 1 N–H and O–H groups in total. The molecule has 6 heteroatoms. The molecule has 1 amide bonds. The largest absolute Gasteiger partial charge is 0.480 e. The van der Waals surface area contributed by atoms with Gasteiger partial charge in [0.25, 0.3) is 0 Å². The van der Waals surface area contributed by atoms with Crippen LogP contribution >= 0.6 is 0 Å². The Morgan fingerprint density at radius 3 is 2.06 bits per heavy atom. The third-order valence-corrected chi connectivity index (χ3v) is 4.42. The zero-order valence-corrected chi connectivity index (χ0v) is 13.2. The van der Waals surface area contributed by atoms with Crippen molar-refractivity contribution in [1.82, 2.24) is 4.57 Å². The van der Waals surface area contributed by atoms with Gasteiger partial charge in [0.1, 0.15) is 6.04 Å². The SMILES string of the molecule is CCOC(=O)N([C@@H](CC(C)C)C(=O)O)[Si](C)(C)C. The molecule has 18 heavy (non-hydrogen) atoms. The monoisotopic (exact) mass is 275 g/mol. The molecule has 0 aliphatic heterocycles. The third kappa shape index (κ3) is 5.08. The van der Waals surface area contributed by atoms with Gasteiger partial charge in [0.2, 0.25) is 0 Å². The second-order valence-electron chi connectivity index (χ2n) is 5.72. The van der Waals surface area contributed by atoms with E-state index in [-0.39, 0.29) is 12.5 Å². The van der Waals surface area contributed by atoms with Crippen LogP contribution < -0.4 is 0 Å². The molecule has 1 atom stereocenters. The lowest BCUT2D eigenvalue weighted by atomic mass is 10.0. The number of amides is 1. The molecule has 0 aromatic carbocycles. The van der Waals surface area contributed by atoms with E-state index < -0.39 is 26.3 Å². The van der Waals surface area contributed by atoms with Crippen LogP contribution in [0.15, 0.2) is 0 Å². The molecular weight excluding hydrogens is 250 g/mol. The molecule has 0 heterocycles. The number of ether oxygens (including phenoxy) is 1. The van der Waals surface area contributed by atoms with Crippen LogP contribution in [0.4, 0.5) is 4.79 Å². The normalized spacial score (nSPS) is 13.3. The molecule has 0 aliphatic rings. The van der Waals surface area contributed by atoms with Gasteiger partial charge < -0.3 is 14.4 Å². The average molecular weight is 275 g/mol. The van der Waals surface area contributed by atoms with Gasteiger partial charge in [-0.05, 0) is 19.3 Å². The molecule has 0 saturated heterocycles. The topological polar surface area (TPSA) is 66.8 Å². The van der Waals surface area contributed by atoms with Crippen LogP contribution in [-0.2, 0) is 9.53 Å². The predicted octanol–water partition coefficient (Wildman–Crippen LogP) is 2.78. The van der Waals surface area contributed by atoms with Crippen LogP contribution in [-0.4, -0.2) is 42.6 Å². The van der Waals surface area contributed by atoms with Gasteiger partial charge in [-0.2, -0.15) is 0 Å². The minimum absolute atomic E-state index is 0.208. The lowest BCUT2D eigenvalue weighted by Gasteiger charge is -2.38. The van der Waals surface area contributed by atoms with Crippen molar-refractivity contribution in [2.75, 3.05) is 6.61 Å². The van der Waals surface area contributed by atoms with Crippen molar-refractivity contribution < 1.29 is 19.4 Å². The first kappa shape index (κ1) is 17.0. The molecule has 5 nitrogen and oxygen atoms in total. The molecule has 0 bridgehead atoms. The first-order chi connectivity index (χ1) is 8.11. The number of carboxylic acid groups (broad SMARTS) is 1. The van der Waals surface area contributed by atoms with Gasteiger partial charge in [-0.1, -0.05) is 33.5 Å². The summed E-state index contributed by atoms with van der Waals surface area (Å²) in [7, 11) is -2.10. The van der Waals surface area contributed by atoms with Gasteiger partial charge >= 0.3 is 12.1 Å². The number of carbonyl (C=O) groups excluding carboxylic acids is 1. The molecule has 0 radical (unpaired) electrons. The van der Waals surface area contributed by atoms with Crippen LogP contribution in [0.2, 0.25) is 19.6 Å². The number of carboxylic acids is 1. The van der Waals surface area contributed by atoms with Crippen LogP contribution in [0.25, 0.3) is 0 Å². The second kappa shape index (κ2) is 6.77. The molecule has 0 aliphatic carbocycles. The van der Waals surface area contributed by atoms with E-state index in [0.717, 1.165) is 0 Å². The fraction of sp³-hybridized carbons (Fsp3) is 0.833. The second-order valence-corrected chi connectivity index (χ2v) is 10.5. The lowest BCUT2D eigenvalue weighted by molar-refractivity contribution is -0.141. The van der Waals surface area contributed by atoms with E-state index in [1.165, 1.54) is 4.57 Å². The Hall–Kier alpha value is -1.04. The maximum absolute atomic E-state index is 12.0. The number of nitrogens with zero attached hydrogens (tertiary/aromatic N) is 1. The number of carbonyl (C=O) groups is 2. The molecule has 0 spiro atoms. The molecular formula is C12H25NO4Si. The van der Waals surface area contributed by atoms with Crippen LogP contribution in [0.5, 0.6) is 0 Å². The lowest BCUT2D eigenvalue weighted by Crippen LogP contribution is -2.58. The highest BCUT2D eigenvalue weighted by Crippen LogP contribution is 2.21. The molecule has 0 fully saturated rings. The van der Waals surface area contributed by atoms with Gasteiger partial charge in [-0.15, -0.1) is 0 Å². The first-order valence-electron chi connectivity index (χ1n) is 6.30. The summed E-state index contributed by atoms with van der Waals surface area (Å²) in [5.74, 6) is -0.751. The van der Waals surface area contributed by atoms with Crippen molar-refractivity contribution >= 4 is 20.3 Å². The number of aliphatic carboxylic acids is 1. The highest BCUT2D eigenvalue weighted by atomic mass is 28.3. The first-order valence-corrected chi connectivity index (χ1v) is 9.74.